The van der Waals surface area contributed by atoms with Crippen LogP contribution in [0.4, 0.5) is 0 Å². The minimum atomic E-state index is 0.839. The number of nitrogens with one attached hydrogen (secondary N) is 1. The van der Waals surface area contributed by atoms with E-state index in [0.717, 1.165) is 27.6 Å². The van der Waals surface area contributed by atoms with E-state index >= 15 is 0 Å². The lowest BCUT2D eigenvalue weighted by Gasteiger charge is -2.03. The first-order valence-electron chi connectivity index (χ1n) is 6.22. The number of hydrogen-bond acceptors (Lipinski definition) is 3. The molecule has 0 atom stereocenters. The molecule has 19 heavy (non-hydrogen) atoms. The van der Waals surface area contributed by atoms with Crippen molar-refractivity contribution >= 4 is 22.8 Å². The summed E-state index contributed by atoms with van der Waals surface area (Å²) in [4.78, 5) is 12.4. The fraction of sp³-hybridized carbons (Fsp3) is 0.200. The van der Waals surface area contributed by atoms with Crippen LogP contribution in [0.5, 0.6) is 0 Å². The second-order valence-electron chi connectivity index (χ2n) is 4.62. The highest BCUT2D eigenvalue weighted by atomic mass is 32.2. The first-order valence-corrected chi connectivity index (χ1v) is 7.20. The maximum atomic E-state index is 4.55. The number of pyridine rings is 1. The lowest BCUT2D eigenvalue weighted by Crippen LogP contribution is -1.92. The van der Waals surface area contributed by atoms with Gasteiger partial charge in [-0.15, -0.1) is 0 Å². The molecule has 3 rings (SSSR count). The van der Waals surface area contributed by atoms with Crippen molar-refractivity contribution in [3.05, 3.63) is 53.3 Å². The number of rotatable bonds is 3. The minimum absolute atomic E-state index is 0.839. The van der Waals surface area contributed by atoms with E-state index in [1.54, 1.807) is 11.8 Å². The number of H-pyrrole nitrogens is 1. The molecule has 2 aromatic heterocycles. The van der Waals surface area contributed by atoms with Crippen LogP contribution in [0.25, 0.3) is 11.0 Å². The molecule has 0 unspecified atom stereocenters. The lowest BCUT2D eigenvalue weighted by molar-refractivity contribution is 1.06. The minimum Gasteiger partial charge on any atom is -0.333 e. The van der Waals surface area contributed by atoms with Gasteiger partial charge in [-0.25, -0.2) is 4.98 Å². The monoisotopic (exact) mass is 269 g/mol. The standard InChI is InChI=1S/C15H15N3S/c1-10-7-11(2)14(16-8-10)9-19-15-17-12-5-3-4-6-13(12)18-15/h3-8H,9H2,1-2H3,(H,17,18). The molecule has 0 aliphatic carbocycles. The lowest BCUT2D eigenvalue weighted by atomic mass is 10.2. The number of aryl methyl sites for hydroxylation is 2. The SMILES string of the molecule is Cc1cnc(CSc2nc3ccccc3[nH]2)c(C)c1. The molecule has 0 saturated carbocycles. The average molecular weight is 269 g/mol. The fourth-order valence-electron chi connectivity index (χ4n) is 2.03. The molecule has 0 fully saturated rings. The van der Waals surface area contributed by atoms with Crippen molar-refractivity contribution < 1.29 is 0 Å². The molecule has 1 N–H and O–H groups in total. The first kappa shape index (κ1) is 12.2. The third-order valence-electron chi connectivity index (χ3n) is 3.04. The molecule has 0 spiro atoms. The summed E-state index contributed by atoms with van der Waals surface area (Å²) >= 11 is 1.69. The summed E-state index contributed by atoms with van der Waals surface area (Å²) < 4.78 is 0. The van der Waals surface area contributed by atoms with Crippen molar-refractivity contribution in [3.63, 3.8) is 0 Å². The third kappa shape index (κ3) is 2.63. The van der Waals surface area contributed by atoms with Crippen LogP contribution in [0.15, 0.2) is 41.7 Å². The number of para-hydroxylation sites is 2. The maximum absolute atomic E-state index is 4.55. The van der Waals surface area contributed by atoms with Crippen molar-refractivity contribution in [3.8, 4) is 0 Å². The van der Waals surface area contributed by atoms with Crippen LogP contribution in [0.1, 0.15) is 16.8 Å². The molecule has 3 nitrogen and oxygen atoms in total. The summed E-state index contributed by atoms with van der Waals surface area (Å²) in [6.45, 7) is 4.17. The number of imidazole rings is 1. The zero-order chi connectivity index (χ0) is 13.2. The molecule has 0 aliphatic heterocycles. The van der Waals surface area contributed by atoms with Gasteiger partial charge in [-0.05, 0) is 37.1 Å². The Hall–Kier alpha value is -1.81. The van der Waals surface area contributed by atoms with Gasteiger partial charge >= 0.3 is 0 Å². The number of benzene rings is 1. The van der Waals surface area contributed by atoms with E-state index in [1.807, 2.05) is 30.5 Å². The number of aromatic amines is 1. The fourth-order valence-corrected chi connectivity index (χ4v) is 2.95. The van der Waals surface area contributed by atoms with Crippen molar-refractivity contribution in [1.82, 2.24) is 15.0 Å². The van der Waals surface area contributed by atoms with Gasteiger partial charge in [-0.2, -0.15) is 0 Å². The Labute approximate surface area is 116 Å². The Kier molecular flexibility index (Phi) is 3.25. The molecule has 1 aromatic carbocycles. The van der Waals surface area contributed by atoms with Crippen LogP contribution in [0, 0.1) is 13.8 Å². The van der Waals surface area contributed by atoms with Gasteiger partial charge in [-0.1, -0.05) is 30.0 Å². The number of nitrogens with zero attached hydrogens (tertiary/aromatic N) is 2. The van der Waals surface area contributed by atoms with Crippen molar-refractivity contribution in [2.75, 3.05) is 0 Å². The Bertz CT molecular complexity index is 685. The number of aromatic nitrogens is 3. The van der Waals surface area contributed by atoms with E-state index in [1.165, 1.54) is 11.1 Å². The smallest absolute Gasteiger partial charge is 0.166 e. The predicted molar refractivity (Wildman–Crippen MR) is 79.4 cm³/mol. The second-order valence-corrected chi connectivity index (χ2v) is 5.59. The van der Waals surface area contributed by atoms with Gasteiger partial charge in [0, 0.05) is 11.9 Å². The quantitative estimate of drug-likeness (QED) is 0.734. The molecular formula is C15H15N3S. The summed E-state index contributed by atoms with van der Waals surface area (Å²) in [6, 6.07) is 10.2. The van der Waals surface area contributed by atoms with Crippen LogP contribution < -0.4 is 0 Å². The molecule has 0 radical (unpaired) electrons. The average Bonchev–Trinajstić information content (AvgIpc) is 2.80. The summed E-state index contributed by atoms with van der Waals surface area (Å²) in [7, 11) is 0. The Morgan fingerprint density at radius 2 is 2.05 bits per heavy atom. The van der Waals surface area contributed by atoms with E-state index in [2.05, 4.69) is 34.9 Å². The Morgan fingerprint density at radius 1 is 1.21 bits per heavy atom. The van der Waals surface area contributed by atoms with Gasteiger partial charge < -0.3 is 4.98 Å². The van der Waals surface area contributed by atoms with Gasteiger partial charge in [0.2, 0.25) is 0 Å². The van der Waals surface area contributed by atoms with Crippen LogP contribution in [0.2, 0.25) is 0 Å². The van der Waals surface area contributed by atoms with Crippen molar-refractivity contribution in [1.29, 1.82) is 0 Å². The van der Waals surface area contributed by atoms with Gasteiger partial charge in [0.25, 0.3) is 0 Å². The molecule has 0 aliphatic rings. The highest BCUT2D eigenvalue weighted by molar-refractivity contribution is 7.98. The third-order valence-corrected chi connectivity index (χ3v) is 3.92. The summed E-state index contributed by atoms with van der Waals surface area (Å²) in [5.74, 6) is 0.839. The molecule has 2 heterocycles. The van der Waals surface area contributed by atoms with Crippen molar-refractivity contribution in [2.45, 2.75) is 24.8 Å². The topological polar surface area (TPSA) is 41.6 Å². The second kappa shape index (κ2) is 5.05. The number of hydrogen-bond donors (Lipinski definition) is 1. The molecule has 96 valence electrons. The normalized spacial score (nSPS) is 11.1. The molecule has 0 bridgehead atoms. The molecule has 0 saturated heterocycles. The summed E-state index contributed by atoms with van der Waals surface area (Å²) in [5, 5.41) is 0.947. The van der Waals surface area contributed by atoms with Gasteiger partial charge in [0.15, 0.2) is 5.16 Å². The Morgan fingerprint density at radius 3 is 2.84 bits per heavy atom. The zero-order valence-electron chi connectivity index (χ0n) is 11.0. The molecular weight excluding hydrogens is 254 g/mol. The first-order chi connectivity index (χ1) is 9.22. The highest BCUT2D eigenvalue weighted by Crippen LogP contribution is 2.23. The van der Waals surface area contributed by atoms with Crippen molar-refractivity contribution in [2.24, 2.45) is 0 Å². The van der Waals surface area contributed by atoms with E-state index in [4.69, 9.17) is 0 Å². The molecule has 3 aromatic rings. The van der Waals surface area contributed by atoms with E-state index in [9.17, 15) is 0 Å². The van der Waals surface area contributed by atoms with Crippen LogP contribution in [-0.2, 0) is 5.75 Å². The van der Waals surface area contributed by atoms with Crippen LogP contribution in [0.3, 0.4) is 0 Å². The summed E-state index contributed by atoms with van der Waals surface area (Å²) in [6.07, 6.45) is 1.92. The zero-order valence-corrected chi connectivity index (χ0v) is 11.8. The van der Waals surface area contributed by atoms with Crippen LogP contribution >= 0.6 is 11.8 Å². The number of fused-ring (bicyclic) bond motifs is 1. The molecule has 4 heteroatoms. The summed E-state index contributed by atoms with van der Waals surface area (Å²) in [5.41, 5.74) is 5.66. The predicted octanol–water partition coefficient (Wildman–Crippen LogP) is 3.87. The number of thioether (sulfide) groups is 1. The molecule has 0 amide bonds. The van der Waals surface area contributed by atoms with Gasteiger partial charge in [-0.3, -0.25) is 4.98 Å². The van der Waals surface area contributed by atoms with E-state index in [0.29, 0.717) is 0 Å². The highest BCUT2D eigenvalue weighted by Gasteiger charge is 2.05. The van der Waals surface area contributed by atoms with Crippen LogP contribution in [-0.4, -0.2) is 15.0 Å². The van der Waals surface area contributed by atoms with Gasteiger partial charge in [0.1, 0.15) is 0 Å². The van der Waals surface area contributed by atoms with Gasteiger partial charge in [0.05, 0.1) is 16.7 Å². The Balaban J connectivity index is 1.78. The maximum Gasteiger partial charge on any atom is 0.166 e. The largest absolute Gasteiger partial charge is 0.333 e. The van der Waals surface area contributed by atoms with E-state index < -0.39 is 0 Å². The van der Waals surface area contributed by atoms with E-state index in [-0.39, 0.29) is 0 Å².